The van der Waals surface area contributed by atoms with E-state index in [1.807, 2.05) is 25.3 Å². The molecule has 0 aliphatic carbocycles. The van der Waals surface area contributed by atoms with Crippen molar-refractivity contribution in [3.8, 4) is 0 Å². The van der Waals surface area contributed by atoms with Gasteiger partial charge in [-0.1, -0.05) is 0 Å². The zero-order valence-corrected chi connectivity index (χ0v) is 11.5. The third-order valence-electron chi connectivity index (χ3n) is 3.13. The molecule has 0 saturated heterocycles. The molecular weight excluding hydrogens is 254 g/mol. The summed E-state index contributed by atoms with van der Waals surface area (Å²) in [5, 5.41) is 9.84. The highest BCUT2D eigenvalue weighted by Gasteiger charge is 2.05. The lowest BCUT2D eigenvalue weighted by molar-refractivity contribution is 1.17. The lowest BCUT2D eigenvalue weighted by Gasteiger charge is -2.11. The number of thiophene rings is 1. The summed E-state index contributed by atoms with van der Waals surface area (Å²) in [6.45, 7) is 2.81. The van der Waals surface area contributed by atoms with Crippen LogP contribution < -0.4 is 11.1 Å². The number of nitrogens with one attached hydrogen (secondary N) is 1. The van der Waals surface area contributed by atoms with Crippen molar-refractivity contribution in [1.29, 1.82) is 0 Å². The van der Waals surface area contributed by atoms with E-state index in [0.29, 0.717) is 0 Å². The fraction of sp³-hybridized carbons (Fsp3) is 0.133. The summed E-state index contributed by atoms with van der Waals surface area (Å²) in [4.78, 5) is 4.31. The number of rotatable bonds is 3. The Bertz CT molecular complexity index is 705. The van der Waals surface area contributed by atoms with E-state index in [-0.39, 0.29) is 0 Å². The fourth-order valence-corrected chi connectivity index (χ4v) is 2.78. The maximum absolute atomic E-state index is 6.00. The van der Waals surface area contributed by atoms with Crippen molar-refractivity contribution in [2.45, 2.75) is 13.5 Å². The number of nitrogen functional groups attached to an aromatic ring is 1. The predicted molar refractivity (Wildman–Crippen MR) is 82.5 cm³/mol. The van der Waals surface area contributed by atoms with Gasteiger partial charge in [-0.15, -0.1) is 0 Å². The van der Waals surface area contributed by atoms with E-state index in [1.54, 1.807) is 11.3 Å². The molecule has 0 aliphatic heterocycles. The molecule has 4 heteroatoms. The molecule has 0 aliphatic rings. The van der Waals surface area contributed by atoms with Gasteiger partial charge in [-0.2, -0.15) is 11.3 Å². The van der Waals surface area contributed by atoms with Crippen molar-refractivity contribution in [2.24, 2.45) is 0 Å². The maximum atomic E-state index is 6.00. The lowest BCUT2D eigenvalue weighted by atomic mass is 10.1. The smallest absolute Gasteiger partial charge is 0.0425 e. The van der Waals surface area contributed by atoms with Crippen LogP contribution in [-0.2, 0) is 6.54 Å². The molecule has 3 N–H and O–H groups in total. The van der Waals surface area contributed by atoms with Crippen molar-refractivity contribution < 1.29 is 0 Å². The number of aryl methyl sites for hydroxylation is 1. The first-order chi connectivity index (χ1) is 9.24. The number of hydrogen-bond acceptors (Lipinski definition) is 4. The highest BCUT2D eigenvalue weighted by Crippen LogP contribution is 2.28. The Morgan fingerprint density at radius 1 is 1.26 bits per heavy atom. The molecule has 0 amide bonds. The molecule has 0 unspecified atom stereocenters. The fourth-order valence-electron chi connectivity index (χ4n) is 2.11. The molecule has 0 fully saturated rings. The van der Waals surface area contributed by atoms with E-state index >= 15 is 0 Å². The third kappa shape index (κ3) is 2.39. The first kappa shape index (κ1) is 12.0. The van der Waals surface area contributed by atoms with Gasteiger partial charge < -0.3 is 11.1 Å². The molecule has 3 aromatic rings. The Balaban J connectivity index is 1.98. The molecule has 96 valence electrons. The van der Waals surface area contributed by atoms with Gasteiger partial charge in [-0.3, -0.25) is 4.98 Å². The van der Waals surface area contributed by atoms with E-state index in [0.717, 1.165) is 34.4 Å². The molecule has 1 aromatic carbocycles. The average Bonchev–Trinajstić information content (AvgIpc) is 2.91. The maximum Gasteiger partial charge on any atom is 0.0425 e. The summed E-state index contributed by atoms with van der Waals surface area (Å²) in [5.41, 5.74) is 10.2. The Hall–Kier alpha value is -2.07. The highest BCUT2D eigenvalue weighted by atomic mass is 32.1. The number of pyridine rings is 1. The minimum Gasteiger partial charge on any atom is -0.398 e. The van der Waals surface area contributed by atoms with Crippen molar-refractivity contribution in [3.63, 3.8) is 0 Å². The first-order valence-corrected chi connectivity index (χ1v) is 7.08. The summed E-state index contributed by atoms with van der Waals surface area (Å²) < 4.78 is 0. The summed E-state index contributed by atoms with van der Waals surface area (Å²) in [6, 6.07) is 8.16. The highest BCUT2D eigenvalue weighted by molar-refractivity contribution is 7.07. The summed E-state index contributed by atoms with van der Waals surface area (Å²) in [6.07, 6.45) is 1.84. The second-order valence-corrected chi connectivity index (χ2v) is 5.34. The van der Waals surface area contributed by atoms with Crippen LogP contribution in [0.2, 0.25) is 0 Å². The molecule has 0 atom stereocenters. The minimum absolute atomic E-state index is 0.767. The number of anilines is 2. The Labute approximate surface area is 116 Å². The van der Waals surface area contributed by atoms with Crippen LogP contribution in [0, 0.1) is 6.92 Å². The van der Waals surface area contributed by atoms with Crippen LogP contribution in [0.3, 0.4) is 0 Å². The second kappa shape index (κ2) is 4.90. The quantitative estimate of drug-likeness (QED) is 0.711. The molecule has 0 spiro atoms. The monoisotopic (exact) mass is 269 g/mol. The van der Waals surface area contributed by atoms with Gasteiger partial charge in [0.2, 0.25) is 0 Å². The Morgan fingerprint density at radius 2 is 2.16 bits per heavy atom. The van der Waals surface area contributed by atoms with Gasteiger partial charge in [-0.05, 0) is 47.5 Å². The van der Waals surface area contributed by atoms with Crippen LogP contribution in [0.15, 0.2) is 41.2 Å². The van der Waals surface area contributed by atoms with Crippen LogP contribution in [-0.4, -0.2) is 4.98 Å². The normalized spacial score (nSPS) is 10.8. The molecule has 0 radical (unpaired) electrons. The van der Waals surface area contributed by atoms with Gasteiger partial charge in [0.25, 0.3) is 0 Å². The number of aromatic nitrogens is 1. The number of nitrogens with zero attached hydrogens (tertiary/aromatic N) is 1. The van der Waals surface area contributed by atoms with Crippen LogP contribution in [0.1, 0.15) is 11.3 Å². The Morgan fingerprint density at radius 3 is 2.95 bits per heavy atom. The van der Waals surface area contributed by atoms with Crippen LogP contribution in [0.4, 0.5) is 11.4 Å². The third-order valence-corrected chi connectivity index (χ3v) is 3.87. The van der Waals surface area contributed by atoms with E-state index in [4.69, 9.17) is 5.73 Å². The molecule has 2 heterocycles. The molecule has 3 rings (SSSR count). The van der Waals surface area contributed by atoms with Gasteiger partial charge in [0.1, 0.15) is 0 Å². The van der Waals surface area contributed by atoms with Crippen molar-refractivity contribution in [3.05, 3.63) is 52.5 Å². The van der Waals surface area contributed by atoms with Crippen LogP contribution in [0.25, 0.3) is 10.8 Å². The first-order valence-electron chi connectivity index (χ1n) is 6.14. The van der Waals surface area contributed by atoms with E-state index in [2.05, 4.69) is 33.2 Å². The van der Waals surface area contributed by atoms with E-state index in [1.165, 1.54) is 5.56 Å². The SMILES string of the molecule is Cc1cc2c(NCc3ccsc3)ccc(N)c2cn1. The minimum atomic E-state index is 0.767. The van der Waals surface area contributed by atoms with Gasteiger partial charge in [-0.25, -0.2) is 0 Å². The van der Waals surface area contributed by atoms with Gasteiger partial charge in [0.15, 0.2) is 0 Å². The zero-order valence-electron chi connectivity index (χ0n) is 10.7. The second-order valence-electron chi connectivity index (χ2n) is 4.56. The van der Waals surface area contributed by atoms with Crippen molar-refractivity contribution in [1.82, 2.24) is 4.98 Å². The Kier molecular flexibility index (Phi) is 3.09. The summed E-state index contributed by atoms with van der Waals surface area (Å²) in [7, 11) is 0. The van der Waals surface area contributed by atoms with Gasteiger partial charge >= 0.3 is 0 Å². The molecular formula is C15H15N3S. The molecule has 19 heavy (non-hydrogen) atoms. The molecule has 2 aromatic heterocycles. The number of benzene rings is 1. The molecule has 0 bridgehead atoms. The average molecular weight is 269 g/mol. The van der Waals surface area contributed by atoms with E-state index in [9.17, 15) is 0 Å². The van der Waals surface area contributed by atoms with Crippen LogP contribution in [0.5, 0.6) is 0 Å². The van der Waals surface area contributed by atoms with Gasteiger partial charge in [0.05, 0.1) is 0 Å². The molecule has 3 nitrogen and oxygen atoms in total. The predicted octanol–water partition coefficient (Wildman–Crippen LogP) is 3.80. The topological polar surface area (TPSA) is 50.9 Å². The summed E-state index contributed by atoms with van der Waals surface area (Å²) in [5.74, 6) is 0. The number of hydrogen-bond donors (Lipinski definition) is 2. The summed E-state index contributed by atoms with van der Waals surface area (Å²) >= 11 is 1.71. The van der Waals surface area contributed by atoms with Crippen molar-refractivity contribution in [2.75, 3.05) is 11.1 Å². The van der Waals surface area contributed by atoms with E-state index < -0.39 is 0 Å². The number of nitrogens with two attached hydrogens (primary N) is 1. The van der Waals surface area contributed by atoms with Crippen molar-refractivity contribution >= 4 is 33.5 Å². The van der Waals surface area contributed by atoms with Gasteiger partial charge in [0, 0.05) is 40.6 Å². The van der Waals surface area contributed by atoms with Crippen LogP contribution >= 0.6 is 11.3 Å². The standard InChI is InChI=1S/C15H15N3S/c1-10-6-12-13(8-17-10)14(16)2-3-15(12)18-7-11-4-5-19-9-11/h2-6,8-9,18H,7,16H2,1H3. The largest absolute Gasteiger partial charge is 0.398 e. The lowest BCUT2D eigenvalue weighted by Crippen LogP contribution is -2.00. The number of fused-ring (bicyclic) bond motifs is 1. The molecule has 0 saturated carbocycles. The zero-order chi connectivity index (χ0) is 13.2.